The van der Waals surface area contributed by atoms with E-state index in [9.17, 15) is 9.59 Å². The molecular weight excluding hydrogens is 424 g/mol. The number of aromatic nitrogens is 3. The molecule has 166 valence electrons. The first-order valence-electron chi connectivity index (χ1n) is 10.3. The minimum Gasteiger partial charge on any atom is -0.454 e. The van der Waals surface area contributed by atoms with Crippen LogP contribution in [0.2, 0.25) is 0 Å². The van der Waals surface area contributed by atoms with Crippen LogP contribution in [0.15, 0.2) is 70.1 Å². The molecule has 0 bridgehead atoms. The predicted octanol–water partition coefficient (Wildman–Crippen LogP) is 2.92. The smallest absolute Gasteiger partial charge is 0.259 e. The van der Waals surface area contributed by atoms with E-state index in [4.69, 9.17) is 14.0 Å². The van der Waals surface area contributed by atoms with E-state index in [1.165, 1.54) is 16.8 Å². The topological polar surface area (TPSA) is 108 Å². The predicted molar refractivity (Wildman–Crippen MR) is 119 cm³/mol. The summed E-state index contributed by atoms with van der Waals surface area (Å²) < 4.78 is 17.3. The summed E-state index contributed by atoms with van der Waals surface area (Å²) in [5, 5.41) is 6.84. The lowest BCUT2D eigenvalue weighted by Gasteiger charge is -2.09. The summed E-state index contributed by atoms with van der Waals surface area (Å²) in [5.74, 6) is 1.74. The summed E-state index contributed by atoms with van der Waals surface area (Å²) in [7, 11) is 0. The minimum absolute atomic E-state index is 0.143. The Kier molecular flexibility index (Phi) is 5.35. The fourth-order valence-corrected chi connectivity index (χ4v) is 3.49. The maximum atomic E-state index is 12.5. The van der Waals surface area contributed by atoms with Gasteiger partial charge in [0.15, 0.2) is 11.5 Å². The van der Waals surface area contributed by atoms with Gasteiger partial charge in [0.05, 0.1) is 5.56 Å². The third-order valence-electron chi connectivity index (χ3n) is 5.17. The normalized spacial score (nSPS) is 12.0. The lowest BCUT2D eigenvalue weighted by molar-refractivity contribution is -0.121. The average Bonchev–Trinajstić information content (AvgIpc) is 3.49. The van der Waals surface area contributed by atoms with Crippen molar-refractivity contribution in [1.29, 1.82) is 0 Å². The Morgan fingerprint density at radius 2 is 1.94 bits per heavy atom. The molecule has 1 aliphatic heterocycles. The number of hydrogen-bond donors (Lipinski definition) is 1. The van der Waals surface area contributed by atoms with Gasteiger partial charge in [0.2, 0.25) is 18.5 Å². The molecule has 5 rings (SSSR count). The maximum absolute atomic E-state index is 12.5. The molecule has 9 nitrogen and oxygen atoms in total. The Balaban J connectivity index is 1.28. The number of carbonyl (C=O) groups is 1. The van der Waals surface area contributed by atoms with Crippen LogP contribution in [0, 0.1) is 6.92 Å². The Labute approximate surface area is 188 Å². The first-order chi connectivity index (χ1) is 16.0. The fourth-order valence-electron chi connectivity index (χ4n) is 3.49. The number of fused-ring (bicyclic) bond motifs is 1. The van der Waals surface area contributed by atoms with E-state index in [2.05, 4.69) is 15.5 Å². The molecule has 1 aliphatic rings. The van der Waals surface area contributed by atoms with Crippen molar-refractivity contribution in [3.8, 4) is 34.3 Å². The van der Waals surface area contributed by atoms with Gasteiger partial charge in [0.25, 0.3) is 11.4 Å². The number of carbonyl (C=O) groups excluding carboxylic acids is 1. The number of benzene rings is 2. The van der Waals surface area contributed by atoms with E-state index in [1.807, 2.05) is 43.3 Å². The maximum Gasteiger partial charge on any atom is 0.259 e. The van der Waals surface area contributed by atoms with Crippen molar-refractivity contribution in [2.45, 2.75) is 20.0 Å². The van der Waals surface area contributed by atoms with E-state index in [0.29, 0.717) is 29.4 Å². The van der Waals surface area contributed by atoms with Gasteiger partial charge in [-0.25, -0.2) is 0 Å². The largest absolute Gasteiger partial charge is 0.454 e. The van der Waals surface area contributed by atoms with Crippen molar-refractivity contribution in [3.05, 3.63) is 82.3 Å². The van der Waals surface area contributed by atoms with E-state index >= 15 is 0 Å². The first kappa shape index (κ1) is 20.5. The van der Waals surface area contributed by atoms with Gasteiger partial charge in [-0.05, 0) is 36.8 Å². The number of aryl methyl sites for hydroxylation is 1. The molecule has 1 amide bonds. The van der Waals surface area contributed by atoms with E-state index in [0.717, 1.165) is 16.7 Å². The van der Waals surface area contributed by atoms with Crippen LogP contribution in [0.3, 0.4) is 0 Å². The number of nitrogens with zero attached hydrogens (tertiary/aromatic N) is 3. The summed E-state index contributed by atoms with van der Waals surface area (Å²) in [6, 6.07) is 16.2. The summed E-state index contributed by atoms with van der Waals surface area (Å²) in [6.07, 6.45) is 1.54. The van der Waals surface area contributed by atoms with Crippen LogP contribution in [0.4, 0.5) is 0 Å². The SMILES string of the molecule is Cc1cccc(-c2noc(-c3ccc(=O)n(CC(=O)NCc4ccc5c(c4)OCO5)c3)n2)c1. The first-order valence-corrected chi connectivity index (χ1v) is 10.3. The third-order valence-corrected chi connectivity index (χ3v) is 5.17. The van der Waals surface area contributed by atoms with Gasteiger partial charge < -0.3 is 23.9 Å². The summed E-state index contributed by atoms with van der Waals surface area (Å²) in [6.45, 7) is 2.33. The van der Waals surface area contributed by atoms with Crippen LogP contribution in [0.5, 0.6) is 11.5 Å². The highest BCUT2D eigenvalue weighted by Gasteiger charge is 2.15. The quantitative estimate of drug-likeness (QED) is 0.487. The van der Waals surface area contributed by atoms with Crippen LogP contribution >= 0.6 is 0 Å². The van der Waals surface area contributed by atoms with Gasteiger partial charge in [0, 0.05) is 24.4 Å². The molecule has 2 aromatic carbocycles. The molecule has 9 heteroatoms. The highest BCUT2D eigenvalue weighted by molar-refractivity contribution is 5.76. The molecule has 0 radical (unpaired) electrons. The number of hydrogen-bond acceptors (Lipinski definition) is 7. The Hall–Kier alpha value is -4.40. The molecule has 3 heterocycles. The van der Waals surface area contributed by atoms with Gasteiger partial charge >= 0.3 is 0 Å². The molecule has 1 N–H and O–H groups in total. The van der Waals surface area contributed by atoms with E-state index in [-0.39, 0.29) is 30.7 Å². The lowest BCUT2D eigenvalue weighted by atomic mass is 10.1. The van der Waals surface area contributed by atoms with Crippen molar-refractivity contribution in [1.82, 2.24) is 20.0 Å². The fraction of sp³-hybridized carbons (Fsp3) is 0.167. The molecule has 0 aliphatic carbocycles. The number of ether oxygens (including phenoxy) is 2. The lowest BCUT2D eigenvalue weighted by Crippen LogP contribution is -2.31. The van der Waals surface area contributed by atoms with Crippen LogP contribution in [0.25, 0.3) is 22.8 Å². The molecule has 0 saturated carbocycles. The molecule has 4 aromatic rings. The molecule has 0 spiro atoms. The van der Waals surface area contributed by atoms with E-state index < -0.39 is 0 Å². The van der Waals surface area contributed by atoms with Gasteiger partial charge in [-0.15, -0.1) is 0 Å². The molecule has 0 atom stereocenters. The molecule has 33 heavy (non-hydrogen) atoms. The summed E-state index contributed by atoms with van der Waals surface area (Å²) >= 11 is 0. The van der Waals surface area contributed by atoms with Crippen molar-refractivity contribution in [2.75, 3.05) is 6.79 Å². The average molecular weight is 444 g/mol. The highest BCUT2D eigenvalue weighted by atomic mass is 16.7. The zero-order chi connectivity index (χ0) is 22.8. The zero-order valence-corrected chi connectivity index (χ0v) is 17.8. The number of pyridine rings is 1. The van der Waals surface area contributed by atoms with Crippen molar-refractivity contribution >= 4 is 5.91 Å². The second-order valence-corrected chi connectivity index (χ2v) is 7.64. The minimum atomic E-state index is -0.310. The molecular formula is C24H20N4O5. The van der Waals surface area contributed by atoms with E-state index in [1.54, 1.807) is 12.1 Å². The van der Waals surface area contributed by atoms with Gasteiger partial charge in [-0.1, -0.05) is 35.0 Å². The van der Waals surface area contributed by atoms with Crippen LogP contribution in [-0.2, 0) is 17.9 Å². The van der Waals surface area contributed by atoms with Gasteiger partial charge in [-0.3, -0.25) is 9.59 Å². The van der Waals surface area contributed by atoms with Gasteiger partial charge in [0.1, 0.15) is 6.54 Å². The van der Waals surface area contributed by atoms with Crippen molar-refractivity contribution in [2.24, 2.45) is 0 Å². The second-order valence-electron chi connectivity index (χ2n) is 7.64. The Morgan fingerprint density at radius 1 is 1.06 bits per heavy atom. The van der Waals surface area contributed by atoms with Crippen molar-refractivity contribution < 1.29 is 18.8 Å². The number of nitrogens with one attached hydrogen (secondary N) is 1. The molecule has 0 fully saturated rings. The zero-order valence-electron chi connectivity index (χ0n) is 17.8. The second kappa shape index (κ2) is 8.62. The Morgan fingerprint density at radius 3 is 2.82 bits per heavy atom. The van der Waals surface area contributed by atoms with Crippen LogP contribution < -0.4 is 20.3 Å². The van der Waals surface area contributed by atoms with Gasteiger partial charge in [-0.2, -0.15) is 4.98 Å². The standard InChI is InChI=1S/C24H20N4O5/c1-15-3-2-4-17(9-15)23-26-24(33-27-23)18-6-8-22(30)28(12-18)13-21(29)25-11-16-5-7-19-20(10-16)32-14-31-19/h2-10,12H,11,13-14H2,1H3,(H,25,29). The third kappa shape index (κ3) is 4.47. The van der Waals surface area contributed by atoms with Crippen molar-refractivity contribution in [3.63, 3.8) is 0 Å². The molecule has 0 unspecified atom stereocenters. The molecule has 0 saturated heterocycles. The Bertz CT molecular complexity index is 1390. The summed E-state index contributed by atoms with van der Waals surface area (Å²) in [5.41, 5.74) is 3.02. The summed E-state index contributed by atoms with van der Waals surface area (Å²) in [4.78, 5) is 29.2. The monoisotopic (exact) mass is 444 g/mol. The number of amides is 1. The van der Waals surface area contributed by atoms with Crippen LogP contribution in [0.1, 0.15) is 11.1 Å². The molecule has 2 aromatic heterocycles. The number of rotatable bonds is 6. The highest BCUT2D eigenvalue weighted by Crippen LogP contribution is 2.32. The van der Waals surface area contributed by atoms with Crippen LogP contribution in [-0.4, -0.2) is 27.4 Å².